The number of benzene rings is 3. The monoisotopic (exact) mass is 368 g/mol. The van der Waals surface area contributed by atoms with E-state index >= 15 is 0 Å². The summed E-state index contributed by atoms with van der Waals surface area (Å²) in [7, 11) is 0. The van der Waals surface area contributed by atoms with Crippen molar-refractivity contribution in [2.45, 2.75) is 31.6 Å². The molecule has 0 N–H and O–H groups in total. The fraction of sp³-hybridized carbons (Fsp3) is 0.308. The van der Waals surface area contributed by atoms with Crippen molar-refractivity contribution in [1.29, 1.82) is 0 Å². The number of piperidine rings is 1. The summed E-state index contributed by atoms with van der Waals surface area (Å²) in [5.41, 5.74) is 4.61. The molecule has 0 bridgehead atoms. The lowest BCUT2D eigenvalue weighted by molar-refractivity contribution is 0.136. The molecule has 1 aliphatic carbocycles. The van der Waals surface area contributed by atoms with Crippen molar-refractivity contribution in [3.63, 3.8) is 0 Å². The van der Waals surface area contributed by atoms with Gasteiger partial charge in [0.25, 0.3) is 0 Å². The van der Waals surface area contributed by atoms with Gasteiger partial charge in [0.15, 0.2) is 0 Å². The van der Waals surface area contributed by atoms with E-state index in [0.717, 1.165) is 25.6 Å². The number of rotatable bonds is 7. The SMILES string of the molecule is c1ccc(CN2C[C@@H]3C[C@]3(N(Cc3ccccc3)Cc3ccccc3)C2)cc1. The highest BCUT2D eigenvalue weighted by Gasteiger charge is 2.62. The Balaban J connectivity index is 1.35. The maximum absolute atomic E-state index is 2.76. The highest BCUT2D eigenvalue weighted by atomic mass is 15.3. The molecule has 3 aromatic rings. The lowest BCUT2D eigenvalue weighted by atomic mass is 10.1. The van der Waals surface area contributed by atoms with Gasteiger partial charge in [0.2, 0.25) is 0 Å². The zero-order chi connectivity index (χ0) is 18.8. The van der Waals surface area contributed by atoms with Gasteiger partial charge < -0.3 is 0 Å². The second-order valence-electron chi connectivity index (χ2n) is 8.49. The number of hydrogen-bond donors (Lipinski definition) is 0. The van der Waals surface area contributed by atoms with E-state index < -0.39 is 0 Å². The van der Waals surface area contributed by atoms with Gasteiger partial charge in [-0.05, 0) is 29.0 Å². The van der Waals surface area contributed by atoms with Crippen LogP contribution in [0.5, 0.6) is 0 Å². The maximum atomic E-state index is 2.76. The fourth-order valence-electron chi connectivity index (χ4n) is 4.99. The van der Waals surface area contributed by atoms with Crippen LogP contribution in [0.4, 0.5) is 0 Å². The molecule has 28 heavy (non-hydrogen) atoms. The van der Waals surface area contributed by atoms with Gasteiger partial charge >= 0.3 is 0 Å². The molecular weight excluding hydrogens is 340 g/mol. The smallest absolute Gasteiger partial charge is 0.0388 e. The van der Waals surface area contributed by atoms with Crippen LogP contribution in [0.2, 0.25) is 0 Å². The van der Waals surface area contributed by atoms with Crippen LogP contribution in [0, 0.1) is 5.92 Å². The van der Waals surface area contributed by atoms with E-state index in [-0.39, 0.29) is 0 Å². The quantitative estimate of drug-likeness (QED) is 0.581. The summed E-state index contributed by atoms with van der Waals surface area (Å²) >= 11 is 0. The second kappa shape index (κ2) is 7.54. The third-order valence-electron chi connectivity index (χ3n) is 6.49. The van der Waals surface area contributed by atoms with Gasteiger partial charge in [0.05, 0.1) is 0 Å². The maximum Gasteiger partial charge on any atom is 0.0388 e. The minimum atomic E-state index is 0.348. The Hall–Kier alpha value is -2.42. The van der Waals surface area contributed by atoms with E-state index in [4.69, 9.17) is 0 Å². The lowest BCUT2D eigenvalue weighted by Gasteiger charge is -2.33. The normalized spacial score (nSPS) is 23.7. The van der Waals surface area contributed by atoms with Gasteiger partial charge in [-0.15, -0.1) is 0 Å². The first kappa shape index (κ1) is 17.7. The molecular formula is C26H28N2. The average molecular weight is 369 g/mol. The largest absolute Gasteiger partial charge is 0.297 e. The Bertz CT molecular complexity index is 852. The van der Waals surface area contributed by atoms with Crippen LogP contribution < -0.4 is 0 Å². The molecule has 0 spiro atoms. The summed E-state index contributed by atoms with van der Waals surface area (Å²) in [6.07, 6.45) is 1.35. The summed E-state index contributed by atoms with van der Waals surface area (Å²) in [5.74, 6) is 0.809. The van der Waals surface area contributed by atoms with Crippen LogP contribution in [0.3, 0.4) is 0 Å². The van der Waals surface area contributed by atoms with Crippen LogP contribution in [-0.4, -0.2) is 28.4 Å². The minimum absolute atomic E-state index is 0.348. The van der Waals surface area contributed by atoms with Gasteiger partial charge in [-0.25, -0.2) is 0 Å². The van der Waals surface area contributed by atoms with Gasteiger partial charge in [0, 0.05) is 38.3 Å². The standard InChI is InChI=1S/C26H28N2/c1-4-10-22(11-5-1)17-27-20-25-16-26(25,21-27)28(18-23-12-6-2-7-13-23)19-24-14-8-3-9-15-24/h1-15,25H,16-21H2/t25-,26-/m0/s1. The van der Waals surface area contributed by atoms with Crippen molar-refractivity contribution >= 4 is 0 Å². The predicted octanol–water partition coefficient (Wildman–Crippen LogP) is 4.96. The van der Waals surface area contributed by atoms with Crippen LogP contribution in [0.15, 0.2) is 91.0 Å². The van der Waals surface area contributed by atoms with Gasteiger partial charge in [-0.2, -0.15) is 0 Å². The molecule has 5 rings (SSSR count). The highest BCUT2D eigenvalue weighted by Crippen LogP contribution is 2.55. The third-order valence-corrected chi connectivity index (χ3v) is 6.49. The Morgan fingerprint density at radius 3 is 1.75 bits per heavy atom. The molecule has 0 radical (unpaired) electrons. The molecule has 0 unspecified atom stereocenters. The summed E-state index contributed by atoms with van der Waals surface area (Å²) in [5, 5.41) is 0. The molecule has 3 aromatic carbocycles. The van der Waals surface area contributed by atoms with E-state index in [2.05, 4.69) is 101 Å². The first-order valence-corrected chi connectivity index (χ1v) is 10.4. The van der Waals surface area contributed by atoms with E-state index in [1.165, 1.54) is 36.2 Å². The molecule has 1 saturated heterocycles. The summed E-state index contributed by atoms with van der Waals surface area (Å²) < 4.78 is 0. The van der Waals surface area contributed by atoms with E-state index in [1.54, 1.807) is 0 Å². The summed E-state index contributed by atoms with van der Waals surface area (Å²) in [4.78, 5) is 5.42. The zero-order valence-corrected chi connectivity index (χ0v) is 16.4. The second-order valence-corrected chi connectivity index (χ2v) is 8.49. The first-order valence-electron chi connectivity index (χ1n) is 10.4. The predicted molar refractivity (Wildman–Crippen MR) is 115 cm³/mol. The van der Waals surface area contributed by atoms with Crippen LogP contribution in [0.1, 0.15) is 23.1 Å². The van der Waals surface area contributed by atoms with Crippen LogP contribution in [-0.2, 0) is 19.6 Å². The van der Waals surface area contributed by atoms with Crippen molar-refractivity contribution in [2.24, 2.45) is 5.92 Å². The molecule has 1 saturated carbocycles. The molecule has 2 atom stereocenters. The van der Waals surface area contributed by atoms with Crippen LogP contribution in [0.25, 0.3) is 0 Å². The molecule has 142 valence electrons. The Morgan fingerprint density at radius 1 is 0.714 bits per heavy atom. The van der Waals surface area contributed by atoms with Crippen molar-refractivity contribution < 1.29 is 0 Å². The number of likely N-dealkylation sites (tertiary alicyclic amines) is 1. The molecule has 1 heterocycles. The fourth-order valence-corrected chi connectivity index (χ4v) is 4.99. The molecule has 2 heteroatoms. The van der Waals surface area contributed by atoms with Crippen molar-refractivity contribution in [3.05, 3.63) is 108 Å². The Kier molecular flexibility index (Phi) is 4.76. The first-order chi connectivity index (χ1) is 13.8. The molecule has 1 aliphatic heterocycles. The average Bonchev–Trinajstić information content (AvgIpc) is 3.32. The van der Waals surface area contributed by atoms with Gasteiger partial charge in [0.1, 0.15) is 0 Å². The van der Waals surface area contributed by atoms with E-state index in [0.29, 0.717) is 5.54 Å². The molecule has 0 amide bonds. The molecule has 2 fully saturated rings. The van der Waals surface area contributed by atoms with Crippen molar-refractivity contribution in [1.82, 2.24) is 9.80 Å². The Labute approximate surface area is 168 Å². The topological polar surface area (TPSA) is 6.48 Å². The number of fused-ring (bicyclic) bond motifs is 1. The third kappa shape index (κ3) is 3.63. The van der Waals surface area contributed by atoms with Crippen molar-refractivity contribution in [2.75, 3.05) is 13.1 Å². The highest BCUT2D eigenvalue weighted by molar-refractivity contribution is 5.25. The number of nitrogens with zero attached hydrogens (tertiary/aromatic N) is 2. The minimum Gasteiger partial charge on any atom is -0.297 e. The van der Waals surface area contributed by atoms with E-state index in [9.17, 15) is 0 Å². The molecule has 2 aliphatic rings. The summed E-state index contributed by atoms with van der Waals surface area (Å²) in [6.45, 7) is 5.56. The van der Waals surface area contributed by atoms with Crippen molar-refractivity contribution in [3.8, 4) is 0 Å². The Morgan fingerprint density at radius 2 is 1.21 bits per heavy atom. The lowest BCUT2D eigenvalue weighted by Crippen LogP contribution is -2.41. The van der Waals surface area contributed by atoms with E-state index in [1.807, 2.05) is 0 Å². The van der Waals surface area contributed by atoms with Gasteiger partial charge in [-0.1, -0.05) is 91.0 Å². The van der Waals surface area contributed by atoms with Gasteiger partial charge in [-0.3, -0.25) is 9.80 Å². The molecule has 2 nitrogen and oxygen atoms in total. The number of hydrogen-bond acceptors (Lipinski definition) is 2. The molecule has 0 aromatic heterocycles. The zero-order valence-electron chi connectivity index (χ0n) is 16.4. The van der Waals surface area contributed by atoms with Crippen LogP contribution >= 0.6 is 0 Å². The summed E-state index contributed by atoms with van der Waals surface area (Å²) in [6, 6.07) is 32.8.